The minimum Gasteiger partial charge on any atom is -0.454 e. The molecule has 104 valence electrons. The van der Waals surface area contributed by atoms with Gasteiger partial charge in [-0.25, -0.2) is 4.98 Å². The molecule has 1 aromatic carbocycles. The van der Waals surface area contributed by atoms with E-state index < -0.39 is 0 Å². The van der Waals surface area contributed by atoms with Crippen LogP contribution in [0.25, 0.3) is 0 Å². The van der Waals surface area contributed by atoms with E-state index >= 15 is 0 Å². The van der Waals surface area contributed by atoms with Gasteiger partial charge in [-0.3, -0.25) is 0 Å². The molecule has 6 heteroatoms. The average Bonchev–Trinajstić information content (AvgIpc) is 3.01. The third-order valence-electron chi connectivity index (χ3n) is 3.47. The van der Waals surface area contributed by atoms with Gasteiger partial charge in [0.2, 0.25) is 6.79 Å². The lowest BCUT2D eigenvalue weighted by Crippen LogP contribution is -1.95. The standard InChI is InChI=1S/C14H13BrN2O2S/c15-11-6-13-12(18-8-19-13)5-9(11)7-20-14-16-3-4-17(14)10-1-2-10/h3-6,10H,1-2,7-8H2. The van der Waals surface area contributed by atoms with Crippen molar-refractivity contribution in [3.63, 3.8) is 0 Å². The SMILES string of the molecule is Brc1cc2c(cc1CSc1nccn1C1CC1)OCO2. The van der Waals surface area contributed by atoms with Crippen molar-refractivity contribution in [2.75, 3.05) is 6.79 Å². The van der Waals surface area contributed by atoms with Gasteiger partial charge in [0.05, 0.1) is 0 Å². The van der Waals surface area contributed by atoms with Crippen LogP contribution in [0.5, 0.6) is 11.5 Å². The molecule has 2 heterocycles. The van der Waals surface area contributed by atoms with Gasteiger partial charge in [0.1, 0.15) is 0 Å². The summed E-state index contributed by atoms with van der Waals surface area (Å²) in [5.74, 6) is 2.50. The molecule has 1 saturated carbocycles. The molecular weight excluding hydrogens is 340 g/mol. The van der Waals surface area contributed by atoms with Crippen LogP contribution in [0.4, 0.5) is 0 Å². The molecule has 2 aliphatic rings. The Morgan fingerprint density at radius 3 is 2.90 bits per heavy atom. The molecule has 1 fully saturated rings. The van der Waals surface area contributed by atoms with Crippen LogP contribution in [0.1, 0.15) is 24.4 Å². The van der Waals surface area contributed by atoms with Gasteiger partial charge in [-0.05, 0) is 30.5 Å². The Morgan fingerprint density at radius 1 is 1.30 bits per heavy atom. The highest BCUT2D eigenvalue weighted by Crippen LogP contribution is 2.41. The van der Waals surface area contributed by atoms with E-state index in [1.807, 2.05) is 18.3 Å². The lowest BCUT2D eigenvalue weighted by Gasteiger charge is -2.08. The van der Waals surface area contributed by atoms with Crippen LogP contribution in [-0.2, 0) is 5.75 Å². The number of rotatable bonds is 4. The number of hydrogen-bond donors (Lipinski definition) is 0. The average molecular weight is 353 g/mol. The predicted octanol–water partition coefficient (Wildman–Crippen LogP) is 4.00. The van der Waals surface area contributed by atoms with Gasteiger partial charge >= 0.3 is 0 Å². The Balaban J connectivity index is 1.53. The summed E-state index contributed by atoms with van der Waals surface area (Å²) in [4.78, 5) is 4.45. The predicted molar refractivity (Wildman–Crippen MR) is 80.3 cm³/mol. The molecule has 0 atom stereocenters. The largest absolute Gasteiger partial charge is 0.454 e. The Morgan fingerprint density at radius 2 is 2.10 bits per heavy atom. The van der Waals surface area contributed by atoms with E-state index in [1.165, 1.54) is 18.4 Å². The second kappa shape index (κ2) is 5.00. The minimum atomic E-state index is 0.310. The quantitative estimate of drug-likeness (QED) is 0.779. The Bertz CT molecular complexity index is 655. The number of nitrogens with zero attached hydrogens (tertiary/aromatic N) is 2. The van der Waals surface area contributed by atoms with Gasteiger partial charge < -0.3 is 14.0 Å². The smallest absolute Gasteiger partial charge is 0.231 e. The molecule has 4 nitrogen and oxygen atoms in total. The molecule has 0 radical (unpaired) electrons. The molecule has 0 saturated heterocycles. The molecular formula is C14H13BrN2O2S. The van der Waals surface area contributed by atoms with Crippen molar-refractivity contribution >= 4 is 27.7 Å². The number of hydrogen-bond acceptors (Lipinski definition) is 4. The summed E-state index contributed by atoms with van der Waals surface area (Å²) >= 11 is 5.36. The fraction of sp³-hybridized carbons (Fsp3) is 0.357. The fourth-order valence-electron chi connectivity index (χ4n) is 2.25. The minimum absolute atomic E-state index is 0.310. The lowest BCUT2D eigenvalue weighted by molar-refractivity contribution is 0.174. The second-order valence-electron chi connectivity index (χ2n) is 4.93. The van der Waals surface area contributed by atoms with E-state index in [2.05, 4.69) is 31.7 Å². The zero-order valence-electron chi connectivity index (χ0n) is 10.7. The fourth-order valence-corrected chi connectivity index (χ4v) is 3.92. The molecule has 4 rings (SSSR count). The van der Waals surface area contributed by atoms with Crippen LogP contribution in [-0.4, -0.2) is 16.3 Å². The Kier molecular flexibility index (Phi) is 3.15. The molecule has 2 aromatic rings. The lowest BCUT2D eigenvalue weighted by atomic mass is 10.2. The van der Waals surface area contributed by atoms with Crippen LogP contribution in [0, 0.1) is 0 Å². The summed E-state index contributed by atoms with van der Waals surface area (Å²) < 4.78 is 14.1. The summed E-state index contributed by atoms with van der Waals surface area (Å²) in [6.07, 6.45) is 6.51. The van der Waals surface area contributed by atoms with Gasteiger partial charge in [-0.2, -0.15) is 0 Å². The molecule has 0 amide bonds. The van der Waals surface area contributed by atoms with Crippen LogP contribution in [0.2, 0.25) is 0 Å². The Hall–Kier alpha value is -1.14. The van der Waals surface area contributed by atoms with Crippen molar-refractivity contribution < 1.29 is 9.47 Å². The zero-order valence-corrected chi connectivity index (χ0v) is 13.1. The summed E-state index contributed by atoms with van der Waals surface area (Å²) in [6, 6.07) is 4.69. The molecule has 0 N–H and O–H groups in total. The third-order valence-corrected chi connectivity index (χ3v) is 5.24. The first-order valence-corrected chi connectivity index (χ1v) is 8.33. The van der Waals surface area contributed by atoms with E-state index in [4.69, 9.17) is 9.47 Å². The molecule has 0 bridgehead atoms. The molecule has 0 spiro atoms. The molecule has 20 heavy (non-hydrogen) atoms. The zero-order chi connectivity index (χ0) is 13.5. The highest BCUT2D eigenvalue weighted by atomic mass is 79.9. The topological polar surface area (TPSA) is 36.3 Å². The highest BCUT2D eigenvalue weighted by molar-refractivity contribution is 9.10. The molecule has 1 aliphatic carbocycles. The first-order valence-electron chi connectivity index (χ1n) is 6.55. The van der Waals surface area contributed by atoms with Crippen LogP contribution in [0.3, 0.4) is 0 Å². The van der Waals surface area contributed by atoms with E-state index in [0.717, 1.165) is 26.9 Å². The van der Waals surface area contributed by atoms with E-state index in [0.29, 0.717) is 12.8 Å². The number of aromatic nitrogens is 2. The summed E-state index contributed by atoms with van der Waals surface area (Å²) in [6.45, 7) is 0.310. The second-order valence-corrected chi connectivity index (χ2v) is 6.73. The van der Waals surface area contributed by atoms with Crippen molar-refractivity contribution in [1.82, 2.24) is 9.55 Å². The van der Waals surface area contributed by atoms with Crippen molar-refractivity contribution in [2.24, 2.45) is 0 Å². The van der Waals surface area contributed by atoms with Crippen molar-refractivity contribution in [1.29, 1.82) is 0 Å². The number of thioether (sulfide) groups is 1. The van der Waals surface area contributed by atoms with Crippen LogP contribution >= 0.6 is 27.7 Å². The molecule has 1 aromatic heterocycles. The molecule has 0 unspecified atom stereocenters. The van der Waals surface area contributed by atoms with Gasteiger partial charge in [0, 0.05) is 28.7 Å². The van der Waals surface area contributed by atoms with E-state index in [9.17, 15) is 0 Å². The number of ether oxygens (including phenoxy) is 2. The highest BCUT2D eigenvalue weighted by Gasteiger charge is 2.25. The number of halogens is 1. The van der Waals surface area contributed by atoms with Gasteiger partial charge in [0.25, 0.3) is 0 Å². The van der Waals surface area contributed by atoms with Crippen molar-refractivity contribution in [2.45, 2.75) is 29.8 Å². The maximum absolute atomic E-state index is 5.43. The van der Waals surface area contributed by atoms with Crippen LogP contribution < -0.4 is 9.47 Å². The van der Waals surface area contributed by atoms with Gasteiger partial charge in [-0.15, -0.1) is 0 Å². The third kappa shape index (κ3) is 2.31. The van der Waals surface area contributed by atoms with E-state index in [-0.39, 0.29) is 0 Å². The monoisotopic (exact) mass is 352 g/mol. The Labute approximate surface area is 129 Å². The summed E-state index contributed by atoms with van der Waals surface area (Å²) in [5.41, 5.74) is 1.20. The molecule has 1 aliphatic heterocycles. The van der Waals surface area contributed by atoms with Crippen LogP contribution in [0.15, 0.2) is 34.2 Å². The summed E-state index contributed by atoms with van der Waals surface area (Å²) in [7, 11) is 0. The number of benzene rings is 1. The number of fused-ring (bicyclic) bond motifs is 1. The normalized spacial score (nSPS) is 16.6. The van der Waals surface area contributed by atoms with Crippen molar-refractivity contribution in [3.8, 4) is 11.5 Å². The maximum Gasteiger partial charge on any atom is 0.231 e. The van der Waals surface area contributed by atoms with E-state index in [1.54, 1.807) is 11.8 Å². The summed E-state index contributed by atoms with van der Waals surface area (Å²) in [5, 5.41) is 1.09. The first kappa shape index (κ1) is 12.6. The number of imidazole rings is 1. The first-order chi connectivity index (χ1) is 9.81. The van der Waals surface area contributed by atoms with Gasteiger partial charge in [-0.1, -0.05) is 27.7 Å². The van der Waals surface area contributed by atoms with Gasteiger partial charge in [0.15, 0.2) is 16.7 Å². The van der Waals surface area contributed by atoms with Crippen molar-refractivity contribution in [3.05, 3.63) is 34.6 Å². The maximum atomic E-state index is 5.43.